The van der Waals surface area contributed by atoms with Crippen molar-refractivity contribution in [3.8, 4) is 0 Å². The van der Waals surface area contributed by atoms with Crippen molar-refractivity contribution in [3.05, 3.63) is 58.3 Å². The molecule has 4 rings (SSSR count). The lowest BCUT2D eigenvalue weighted by atomic mass is 9.74. The van der Waals surface area contributed by atoms with Crippen LogP contribution in [0.2, 0.25) is 0 Å². The first-order valence-corrected chi connectivity index (χ1v) is 9.63. The van der Waals surface area contributed by atoms with E-state index in [0.717, 1.165) is 32.5 Å². The molecule has 1 aromatic heterocycles. The van der Waals surface area contributed by atoms with Crippen molar-refractivity contribution >= 4 is 17.2 Å². The van der Waals surface area contributed by atoms with Crippen LogP contribution in [0, 0.1) is 0 Å². The normalized spacial score (nSPS) is 24.0. The molecule has 2 fully saturated rings. The second-order valence-electron chi connectivity index (χ2n) is 7.08. The first-order chi connectivity index (χ1) is 11.7. The molecule has 2 aromatic rings. The smallest absolute Gasteiger partial charge is 0.223 e. The summed E-state index contributed by atoms with van der Waals surface area (Å²) in [5.74, 6) is 0.635. The Hall–Kier alpha value is -1.65. The van der Waals surface area contributed by atoms with Crippen LogP contribution < -0.4 is 0 Å². The summed E-state index contributed by atoms with van der Waals surface area (Å²) in [6.07, 6.45) is 2.80. The largest absolute Gasteiger partial charge is 0.339 e. The van der Waals surface area contributed by atoms with Crippen LogP contribution in [0.4, 0.5) is 0 Å². The fourth-order valence-corrected chi connectivity index (χ4v) is 5.25. The fourth-order valence-electron chi connectivity index (χ4n) is 4.50. The summed E-state index contributed by atoms with van der Waals surface area (Å²) in [5, 5.41) is 2.15. The molecule has 2 aliphatic rings. The number of rotatable bonds is 3. The highest BCUT2D eigenvalue weighted by atomic mass is 32.1. The Labute approximate surface area is 147 Å². The molecule has 0 bridgehead atoms. The minimum Gasteiger partial charge on any atom is -0.339 e. The summed E-state index contributed by atoms with van der Waals surface area (Å²) >= 11 is 1.83. The zero-order chi connectivity index (χ0) is 16.6. The third kappa shape index (κ3) is 2.68. The topological polar surface area (TPSA) is 23.6 Å². The lowest BCUT2D eigenvalue weighted by molar-refractivity contribution is -0.130. The van der Waals surface area contributed by atoms with Crippen LogP contribution in [0.5, 0.6) is 0 Å². The molecule has 0 unspecified atom stereocenters. The fraction of sp³-hybridized carbons (Fsp3) is 0.450. The van der Waals surface area contributed by atoms with E-state index in [4.69, 9.17) is 0 Å². The van der Waals surface area contributed by atoms with Crippen molar-refractivity contribution in [1.29, 1.82) is 0 Å². The van der Waals surface area contributed by atoms with Gasteiger partial charge < -0.3 is 4.90 Å². The van der Waals surface area contributed by atoms with Gasteiger partial charge in [0.05, 0.1) is 5.54 Å². The van der Waals surface area contributed by atoms with E-state index >= 15 is 0 Å². The van der Waals surface area contributed by atoms with Gasteiger partial charge in [-0.3, -0.25) is 9.69 Å². The van der Waals surface area contributed by atoms with Gasteiger partial charge in [0, 0.05) is 43.9 Å². The minimum absolute atomic E-state index is 0.00435. The SMILES string of the molecule is CN1C(=O)C[C@H](c2ccccc2)C12CCN(Cc1cccs1)CC2. The average Bonchev–Trinajstić information content (AvgIpc) is 3.21. The van der Waals surface area contributed by atoms with Gasteiger partial charge in [-0.05, 0) is 29.9 Å². The van der Waals surface area contributed by atoms with E-state index in [1.54, 1.807) is 0 Å². The number of hydrogen-bond donors (Lipinski definition) is 0. The van der Waals surface area contributed by atoms with Gasteiger partial charge in [0.15, 0.2) is 0 Å². The van der Waals surface area contributed by atoms with Gasteiger partial charge in [0.25, 0.3) is 0 Å². The Balaban J connectivity index is 1.53. The van der Waals surface area contributed by atoms with Gasteiger partial charge in [0.2, 0.25) is 5.91 Å². The van der Waals surface area contributed by atoms with Crippen molar-refractivity contribution in [3.63, 3.8) is 0 Å². The van der Waals surface area contributed by atoms with Gasteiger partial charge in [-0.25, -0.2) is 0 Å². The summed E-state index contributed by atoms with van der Waals surface area (Å²) in [6, 6.07) is 15.0. The molecule has 1 aromatic carbocycles. The number of carbonyl (C=O) groups is 1. The Morgan fingerprint density at radius 1 is 1.12 bits per heavy atom. The van der Waals surface area contributed by atoms with Crippen LogP contribution >= 0.6 is 11.3 Å². The van der Waals surface area contributed by atoms with E-state index in [2.05, 4.69) is 57.6 Å². The molecule has 3 heterocycles. The lowest BCUT2D eigenvalue weighted by Crippen LogP contribution is -2.53. The molecular weight excluding hydrogens is 316 g/mol. The summed E-state index contributed by atoms with van der Waals surface area (Å²) in [6.45, 7) is 3.18. The molecule has 0 radical (unpaired) electrons. The van der Waals surface area contributed by atoms with Crippen molar-refractivity contribution in [2.45, 2.75) is 37.3 Å². The van der Waals surface area contributed by atoms with Crippen LogP contribution in [0.1, 0.15) is 35.6 Å². The number of likely N-dealkylation sites (tertiary alicyclic amines) is 2. The quantitative estimate of drug-likeness (QED) is 0.850. The van der Waals surface area contributed by atoms with Crippen LogP contribution in [-0.4, -0.2) is 41.4 Å². The van der Waals surface area contributed by atoms with E-state index < -0.39 is 0 Å². The van der Waals surface area contributed by atoms with E-state index in [1.807, 2.05) is 18.4 Å². The summed E-state index contributed by atoms with van der Waals surface area (Å²) in [4.78, 5) is 18.5. The molecule has 0 saturated carbocycles. The minimum atomic E-state index is 0.00435. The van der Waals surface area contributed by atoms with Crippen LogP contribution in [0.3, 0.4) is 0 Å². The van der Waals surface area contributed by atoms with Crippen LogP contribution in [0.25, 0.3) is 0 Å². The van der Waals surface area contributed by atoms with Crippen molar-refractivity contribution in [2.75, 3.05) is 20.1 Å². The highest BCUT2D eigenvalue weighted by Gasteiger charge is 2.52. The van der Waals surface area contributed by atoms with Gasteiger partial charge in [-0.1, -0.05) is 36.4 Å². The second kappa shape index (κ2) is 6.34. The third-order valence-electron chi connectivity index (χ3n) is 5.95. The van der Waals surface area contributed by atoms with Gasteiger partial charge in [0.1, 0.15) is 0 Å². The van der Waals surface area contributed by atoms with E-state index in [-0.39, 0.29) is 5.54 Å². The zero-order valence-corrected chi connectivity index (χ0v) is 15.0. The molecule has 4 heteroatoms. The maximum Gasteiger partial charge on any atom is 0.223 e. The number of amides is 1. The molecule has 1 amide bonds. The number of likely N-dealkylation sites (N-methyl/N-ethyl adjacent to an activating group) is 1. The van der Waals surface area contributed by atoms with E-state index in [9.17, 15) is 4.79 Å². The molecule has 24 heavy (non-hydrogen) atoms. The lowest BCUT2D eigenvalue weighted by Gasteiger charge is -2.46. The van der Waals surface area contributed by atoms with Crippen molar-refractivity contribution < 1.29 is 4.79 Å². The van der Waals surface area contributed by atoms with E-state index in [1.165, 1.54) is 10.4 Å². The van der Waals surface area contributed by atoms with Gasteiger partial charge >= 0.3 is 0 Å². The first kappa shape index (κ1) is 15.9. The summed E-state index contributed by atoms with van der Waals surface area (Å²) in [7, 11) is 2.01. The molecule has 2 saturated heterocycles. The summed E-state index contributed by atoms with van der Waals surface area (Å²) in [5.41, 5.74) is 1.33. The monoisotopic (exact) mass is 340 g/mol. The molecule has 0 aliphatic carbocycles. The molecule has 1 atom stereocenters. The van der Waals surface area contributed by atoms with Crippen molar-refractivity contribution in [2.24, 2.45) is 0 Å². The number of carbonyl (C=O) groups excluding carboxylic acids is 1. The number of piperidine rings is 1. The maximum atomic E-state index is 12.5. The molecule has 126 valence electrons. The number of nitrogens with zero attached hydrogens (tertiary/aromatic N) is 2. The highest BCUT2D eigenvalue weighted by Crippen LogP contribution is 2.48. The van der Waals surface area contributed by atoms with Crippen LogP contribution in [0.15, 0.2) is 47.8 Å². The summed E-state index contributed by atoms with van der Waals surface area (Å²) < 4.78 is 0. The molecule has 3 nitrogen and oxygen atoms in total. The average molecular weight is 340 g/mol. The van der Waals surface area contributed by atoms with Gasteiger partial charge in [-0.15, -0.1) is 11.3 Å². The Morgan fingerprint density at radius 2 is 1.88 bits per heavy atom. The molecule has 1 spiro atoms. The Kier molecular flexibility index (Phi) is 4.19. The molecule has 0 N–H and O–H groups in total. The number of hydrogen-bond acceptors (Lipinski definition) is 3. The number of benzene rings is 1. The highest BCUT2D eigenvalue weighted by molar-refractivity contribution is 7.09. The van der Waals surface area contributed by atoms with E-state index in [0.29, 0.717) is 18.2 Å². The second-order valence-corrected chi connectivity index (χ2v) is 8.11. The van der Waals surface area contributed by atoms with Crippen molar-refractivity contribution in [1.82, 2.24) is 9.80 Å². The standard InChI is InChI=1S/C20H24N2OS/c1-21-19(23)14-18(16-6-3-2-4-7-16)20(21)9-11-22(12-10-20)15-17-8-5-13-24-17/h2-8,13,18H,9-12,14-15H2,1H3/t18-/m1/s1. The maximum absolute atomic E-state index is 12.5. The predicted molar refractivity (Wildman–Crippen MR) is 98.1 cm³/mol. The first-order valence-electron chi connectivity index (χ1n) is 8.75. The Morgan fingerprint density at radius 3 is 2.54 bits per heavy atom. The Bertz CT molecular complexity index is 690. The third-order valence-corrected chi connectivity index (χ3v) is 6.81. The van der Waals surface area contributed by atoms with Crippen LogP contribution in [-0.2, 0) is 11.3 Å². The predicted octanol–water partition coefficient (Wildman–Crippen LogP) is 3.73. The van der Waals surface area contributed by atoms with Gasteiger partial charge in [-0.2, -0.15) is 0 Å². The zero-order valence-electron chi connectivity index (χ0n) is 14.1. The molecular formula is C20H24N2OS. The molecule has 2 aliphatic heterocycles. The number of thiophene rings is 1.